The number of halogens is 1. The molecule has 1 heterocycles. The highest BCUT2D eigenvalue weighted by atomic mass is 35.5. The van der Waals surface area contributed by atoms with Gasteiger partial charge in [-0.05, 0) is 36.0 Å². The van der Waals surface area contributed by atoms with Crippen LogP contribution in [0.4, 0.5) is 10.5 Å². The number of thioether (sulfide) groups is 1. The zero-order valence-electron chi connectivity index (χ0n) is 13.2. The number of rotatable bonds is 5. The van der Waals surface area contributed by atoms with Gasteiger partial charge in [0.2, 0.25) is 0 Å². The Bertz CT molecular complexity index is 927. The molecule has 0 aliphatic carbocycles. The summed E-state index contributed by atoms with van der Waals surface area (Å²) in [6, 6.07) is 13.2. The molecule has 0 aromatic heterocycles. The van der Waals surface area contributed by atoms with Gasteiger partial charge in [-0.15, -0.1) is 0 Å². The molecule has 1 fully saturated rings. The van der Waals surface area contributed by atoms with E-state index in [4.69, 9.17) is 21.4 Å². The first-order valence-electron chi connectivity index (χ1n) is 7.43. The molecule has 2 amide bonds. The predicted molar refractivity (Wildman–Crippen MR) is 99.5 cm³/mol. The lowest BCUT2D eigenvalue weighted by Crippen LogP contribution is -2.27. The number of carbonyl (C=O) groups is 3. The van der Waals surface area contributed by atoms with E-state index in [1.165, 1.54) is 6.08 Å². The number of anilines is 1. The Labute approximate surface area is 158 Å². The van der Waals surface area contributed by atoms with Gasteiger partial charge in [-0.2, -0.15) is 0 Å². The van der Waals surface area contributed by atoms with E-state index in [1.54, 1.807) is 48.5 Å². The highest BCUT2D eigenvalue weighted by Crippen LogP contribution is 2.39. The van der Waals surface area contributed by atoms with Crippen molar-refractivity contribution >= 4 is 52.2 Å². The summed E-state index contributed by atoms with van der Waals surface area (Å²) < 4.78 is 5.22. The molecule has 0 bridgehead atoms. The summed E-state index contributed by atoms with van der Waals surface area (Å²) in [5.41, 5.74) is 0.814. The monoisotopic (exact) mass is 389 g/mol. The zero-order valence-corrected chi connectivity index (χ0v) is 14.8. The molecular formula is C18H12ClNO5S. The third-order valence-corrected chi connectivity index (χ3v) is 4.63. The number of amides is 2. The number of benzene rings is 2. The Morgan fingerprint density at radius 2 is 1.85 bits per heavy atom. The van der Waals surface area contributed by atoms with Gasteiger partial charge in [0, 0.05) is 5.56 Å². The maximum absolute atomic E-state index is 12.7. The second kappa shape index (κ2) is 7.63. The summed E-state index contributed by atoms with van der Waals surface area (Å²) in [7, 11) is 0. The van der Waals surface area contributed by atoms with Crippen molar-refractivity contribution in [2.24, 2.45) is 0 Å². The van der Waals surface area contributed by atoms with Crippen molar-refractivity contribution in [1.82, 2.24) is 0 Å². The minimum absolute atomic E-state index is 0.196. The van der Waals surface area contributed by atoms with Crippen LogP contribution in [0.3, 0.4) is 0 Å². The highest BCUT2D eigenvalue weighted by Gasteiger charge is 2.37. The van der Waals surface area contributed by atoms with Crippen molar-refractivity contribution in [2.75, 3.05) is 11.5 Å². The highest BCUT2D eigenvalue weighted by molar-refractivity contribution is 8.19. The molecule has 0 saturated carbocycles. The molecular weight excluding hydrogens is 378 g/mol. The molecule has 6 nitrogen and oxygen atoms in total. The average Bonchev–Trinajstić information content (AvgIpc) is 2.88. The van der Waals surface area contributed by atoms with E-state index in [2.05, 4.69) is 0 Å². The van der Waals surface area contributed by atoms with Gasteiger partial charge in [-0.1, -0.05) is 41.9 Å². The van der Waals surface area contributed by atoms with E-state index in [0.717, 1.165) is 16.7 Å². The molecule has 2 aromatic carbocycles. The van der Waals surface area contributed by atoms with Crippen molar-refractivity contribution in [3.63, 3.8) is 0 Å². The molecule has 1 saturated heterocycles. The average molecular weight is 390 g/mol. The van der Waals surface area contributed by atoms with Gasteiger partial charge in [-0.25, -0.2) is 9.69 Å². The van der Waals surface area contributed by atoms with Crippen LogP contribution >= 0.6 is 23.4 Å². The van der Waals surface area contributed by atoms with E-state index < -0.39 is 23.7 Å². The standard InChI is InChI=1S/C18H12ClNO5S/c19-12-6-2-3-7-13(12)20-17(23)15(26-18(20)24)9-11-5-1-4-8-14(11)25-10-16(21)22/h1-9H,10H2,(H,21,22)/b15-9+. The molecule has 0 radical (unpaired) electrons. The molecule has 8 heteroatoms. The third kappa shape index (κ3) is 3.74. The van der Waals surface area contributed by atoms with E-state index in [9.17, 15) is 14.4 Å². The first-order valence-corrected chi connectivity index (χ1v) is 8.63. The quantitative estimate of drug-likeness (QED) is 0.777. The van der Waals surface area contributed by atoms with Crippen LogP contribution in [-0.4, -0.2) is 28.8 Å². The summed E-state index contributed by atoms with van der Waals surface area (Å²) in [6.07, 6.45) is 1.50. The number of para-hydroxylation sites is 2. The van der Waals surface area contributed by atoms with Gasteiger partial charge in [0.15, 0.2) is 6.61 Å². The number of nitrogens with zero attached hydrogens (tertiary/aromatic N) is 1. The van der Waals surface area contributed by atoms with Gasteiger partial charge in [0.25, 0.3) is 11.1 Å². The second-order valence-corrected chi connectivity index (χ2v) is 6.59. The minimum Gasteiger partial charge on any atom is -0.481 e. The van der Waals surface area contributed by atoms with Crippen LogP contribution < -0.4 is 9.64 Å². The Morgan fingerprint density at radius 1 is 1.15 bits per heavy atom. The first-order chi connectivity index (χ1) is 12.5. The molecule has 1 aliphatic heterocycles. The number of carbonyl (C=O) groups excluding carboxylic acids is 2. The van der Waals surface area contributed by atoms with Crippen LogP contribution in [0, 0.1) is 0 Å². The lowest BCUT2D eigenvalue weighted by atomic mass is 10.2. The van der Waals surface area contributed by atoms with E-state index in [0.29, 0.717) is 22.0 Å². The molecule has 1 aliphatic rings. The summed E-state index contributed by atoms with van der Waals surface area (Å²) >= 11 is 6.87. The number of aliphatic carboxylic acids is 1. The van der Waals surface area contributed by atoms with Crippen molar-refractivity contribution in [1.29, 1.82) is 0 Å². The van der Waals surface area contributed by atoms with Gasteiger partial charge in [-0.3, -0.25) is 9.59 Å². The summed E-state index contributed by atoms with van der Waals surface area (Å²) in [4.78, 5) is 36.9. The van der Waals surface area contributed by atoms with Crippen molar-refractivity contribution in [3.8, 4) is 5.75 Å². The summed E-state index contributed by atoms with van der Waals surface area (Å²) in [5, 5.41) is 8.58. The molecule has 1 N–H and O–H groups in total. The molecule has 3 rings (SSSR count). The van der Waals surface area contributed by atoms with E-state index >= 15 is 0 Å². The maximum Gasteiger partial charge on any atom is 0.341 e. The van der Waals surface area contributed by atoms with Crippen molar-refractivity contribution in [3.05, 3.63) is 64.0 Å². The van der Waals surface area contributed by atoms with Gasteiger partial charge >= 0.3 is 5.97 Å². The van der Waals surface area contributed by atoms with Gasteiger partial charge in [0.05, 0.1) is 15.6 Å². The number of hydrogen-bond acceptors (Lipinski definition) is 5. The molecule has 26 heavy (non-hydrogen) atoms. The maximum atomic E-state index is 12.7. The lowest BCUT2D eigenvalue weighted by molar-refractivity contribution is -0.139. The summed E-state index contributed by atoms with van der Waals surface area (Å²) in [5.74, 6) is -1.31. The number of hydrogen-bond donors (Lipinski definition) is 1. The molecule has 0 atom stereocenters. The Balaban J connectivity index is 1.92. The second-order valence-electron chi connectivity index (χ2n) is 5.19. The first kappa shape index (κ1) is 18.0. The van der Waals surface area contributed by atoms with Crippen LogP contribution in [-0.2, 0) is 9.59 Å². The van der Waals surface area contributed by atoms with Crippen LogP contribution in [0.2, 0.25) is 5.02 Å². The fourth-order valence-corrected chi connectivity index (χ4v) is 3.37. The van der Waals surface area contributed by atoms with Crippen LogP contribution in [0.15, 0.2) is 53.4 Å². The fourth-order valence-electron chi connectivity index (χ4n) is 2.32. The third-order valence-electron chi connectivity index (χ3n) is 3.44. The van der Waals surface area contributed by atoms with Gasteiger partial charge < -0.3 is 9.84 Å². The van der Waals surface area contributed by atoms with Crippen LogP contribution in [0.5, 0.6) is 5.75 Å². The van der Waals surface area contributed by atoms with Crippen LogP contribution in [0.25, 0.3) is 6.08 Å². The van der Waals surface area contributed by atoms with Crippen molar-refractivity contribution in [2.45, 2.75) is 0 Å². The molecule has 2 aromatic rings. The normalized spacial score (nSPS) is 15.6. The predicted octanol–water partition coefficient (Wildman–Crippen LogP) is 4.04. The Hall–Kier alpha value is -2.77. The Kier molecular flexibility index (Phi) is 5.29. The Morgan fingerprint density at radius 3 is 2.58 bits per heavy atom. The smallest absolute Gasteiger partial charge is 0.341 e. The van der Waals surface area contributed by atoms with Gasteiger partial charge in [0.1, 0.15) is 5.75 Å². The summed E-state index contributed by atoms with van der Waals surface area (Å²) in [6.45, 7) is -0.508. The number of ether oxygens (including phenoxy) is 1. The zero-order chi connectivity index (χ0) is 18.7. The molecule has 132 valence electrons. The lowest BCUT2D eigenvalue weighted by Gasteiger charge is -2.13. The topological polar surface area (TPSA) is 83.9 Å². The number of carboxylic acid groups (broad SMARTS) is 1. The molecule has 0 unspecified atom stereocenters. The SMILES string of the molecule is O=C(O)COc1ccccc1/C=C1/SC(=O)N(c2ccccc2Cl)C1=O. The van der Waals surface area contributed by atoms with Crippen LogP contribution in [0.1, 0.15) is 5.56 Å². The molecule has 0 spiro atoms. The number of carboxylic acids is 1. The van der Waals surface area contributed by atoms with E-state index in [-0.39, 0.29) is 4.91 Å². The van der Waals surface area contributed by atoms with E-state index in [1.807, 2.05) is 0 Å². The largest absolute Gasteiger partial charge is 0.481 e. The number of imide groups is 1. The van der Waals surface area contributed by atoms with Crippen molar-refractivity contribution < 1.29 is 24.2 Å². The fraction of sp³-hybridized carbons (Fsp3) is 0.0556. The minimum atomic E-state index is -1.11.